The molecule has 0 unspecified atom stereocenters. The third-order valence-electron chi connectivity index (χ3n) is 4.46. The van der Waals surface area contributed by atoms with Crippen LogP contribution in [0.2, 0.25) is 5.02 Å². The fourth-order valence-corrected chi connectivity index (χ4v) is 4.13. The highest BCUT2D eigenvalue weighted by atomic mass is 35.5. The van der Waals surface area contributed by atoms with Gasteiger partial charge in [0.15, 0.2) is 11.5 Å². The SMILES string of the molecule is CCOC(=O)c1c(-c2ccc(Cl)cc2)csc1NC(=O)[C@H]1COc2ccccc2O1. The summed E-state index contributed by atoms with van der Waals surface area (Å²) >= 11 is 7.22. The Morgan fingerprint density at radius 3 is 2.63 bits per heavy atom. The van der Waals surface area contributed by atoms with E-state index in [1.54, 1.807) is 42.6 Å². The van der Waals surface area contributed by atoms with E-state index in [1.165, 1.54) is 11.3 Å². The highest BCUT2D eigenvalue weighted by Gasteiger charge is 2.30. The first-order chi connectivity index (χ1) is 14.6. The molecule has 6 nitrogen and oxygen atoms in total. The van der Waals surface area contributed by atoms with Gasteiger partial charge in [-0.1, -0.05) is 35.9 Å². The number of hydrogen-bond acceptors (Lipinski definition) is 6. The molecular weight excluding hydrogens is 426 g/mol. The smallest absolute Gasteiger partial charge is 0.341 e. The summed E-state index contributed by atoms with van der Waals surface area (Å²) in [6.45, 7) is 2.03. The molecule has 1 aromatic heterocycles. The van der Waals surface area contributed by atoms with Crippen molar-refractivity contribution in [3.63, 3.8) is 0 Å². The quantitative estimate of drug-likeness (QED) is 0.560. The molecule has 2 aromatic carbocycles. The lowest BCUT2D eigenvalue weighted by molar-refractivity contribution is -0.125. The fraction of sp³-hybridized carbons (Fsp3) is 0.182. The summed E-state index contributed by atoms with van der Waals surface area (Å²) in [7, 11) is 0. The van der Waals surface area contributed by atoms with Crippen LogP contribution in [0.4, 0.5) is 5.00 Å². The molecule has 30 heavy (non-hydrogen) atoms. The van der Waals surface area contributed by atoms with Crippen molar-refractivity contribution in [1.29, 1.82) is 0 Å². The number of ether oxygens (including phenoxy) is 3. The van der Waals surface area contributed by atoms with Crippen LogP contribution in [0.3, 0.4) is 0 Å². The predicted octanol–water partition coefficient (Wildman–Crippen LogP) is 5.02. The monoisotopic (exact) mass is 443 g/mol. The molecule has 1 amide bonds. The Morgan fingerprint density at radius 2 is 1.90 bits per heavy atom. The summed E-state index contributed by atoms with van der Waals surface area (Å²) < 4.78 is 16.6. The average Bonchev–Trinajstić information content (AvgIpc) is 3.17. The number of anilines is 1. The number of thiophene rings is 1. The van der Waals surface area contributed by atoms with Gasteiger partial charge in [-0.2, -0.15) is 0 Å². The molecule has 0 aliphatic carbocycles. The number of nitrogens with one attached hydrogen (secondary N) is 1. The average molecular weight is 444 g/mol. The first kappa shape index (κ1) is 20.3. The summed E-state index contributed by atoms with van der Waals surface area (Å²) in [4.78, 5) is 25.5. The summed E-state index contributed by atoms with van der Waals surface area (Å²) in [6, 6.07) is 14.3. The van der Waals surface area contributed by atoms with Gasteiger partial charge in [0.2, 0.25) is 6.10 Å². The van der Waals surface area contributed by atoms with Gasteiger partial charge in [-0.25, -0.2) is 4.79 Å². The molecule has 1 N–H and O–H groups in total. The van der Waals surface area contributed by atoms with Crippen molar-refractivity contribution in [2.75, 3.05) is 18.5 Å². The standard InChI is InChI=1S/C22H18ClNO5S/c1-2-27-22(26)19-15(13-7-9-14(23)10-8-13)12-30-21(19)24-20(25)18-11-28-16-5-3-4-6-17(16)29-18/h3-10,12,18H,2,11H2,1H3,(H,24,25)/t18-/m1/s1. The molecule has 3 aromatic rings. The van der Waals surface area contributed by atoms with Crippen LogP contribution >= 0.6 is 22.9 Å². The van der Waals surface area contributed by atoms with E-state index < -0.39 is 18.0 Å². The summed E-state index contributed by atoms with van der Waals surface area (Å²) in [6.07, 6.45) is -0.837. The van der Waals surface area contributed by atoms with Crippen LogP contribution in [0.25, 0.3) is 11.1 Å². The van der Waals surface area contributed by atoms with Crippen molar-refractivity contribution in [3.8, 4) is 22.6 Å². The summed E-state index contributed by atoms with van der Waals surface area (Å²) in [5.41, 5.74) is 1.76. The minimum Gasteiger partial charge on any atom is -0.485 e. The van der Waals surface area contributed by atoms with Crippen LogP contribution in [0.15, 0.2) is 53.9 Å². The first-order valence-electron chi connectivity index (χ1n) is 9.30. The number of benzene rings is 2. The molecular formula is C22H18ClNO5S. The Morgan fingerprint density at radius 1 is 1.17 bits per heavy atom. The number of carbonyl (C=O) groups is 2. The lowest BCUT2D eigenvalue weighted by Gasteiger charge is -2.25. The predicted molar refractivity (Wildman–Crippen MR) is 116 cm³/mol. The van der Waals surface area contributed by atoms with E-state index in [-0.39, 0.29) is 13.2 Å². The topological polar surface area (TPSA) is 73.9 Å². The maximum absolute atomic E-state index is 12.8. The Hall–Kier alpha value is -3.03. The number of carbonyl (C=O) groups excluding carboxylic acids is 2. The van der Waals surface area contributed by atoms with Gasteiger partial charge in [0, 0.05) is 16.0 Å². The maximum Gasteiger partial charge on any atom is 0.341 e. The minimum atomic E-state index is -0.837. The van der Waals surface area contributed by atoms with Crippen molar-refractivity contribution in [2.24, 2.45) is 0 Å². The molecule has 154 valence electrons. The first-order valence-corrected chi connectivity index (χ1v) is 10.6. The number of amides is 1. The zero-order valence-electron chi connectivity index (χ0n) is 16.0. The van der Waals surface area contributed by atoms with Crippen LogP contribution in [0, 0.1) is 0 Å². The van der Waals surface area contributed by atoms with Crippen molar-refractivity contribution in [2.45, 2.75) is 13.0 Å². The normalized spacial score (nSPS) is 14.8. The summed E-state index contributed by atoms with van der Waals surface area (Å²) in [5, 5.41) is 5.59. The van der Waals surface area contributed by atoms with Crippen LogP contribution in [-0.2, 0) is 9.53 Å². The van der Waals surface area contributed by atoms with Crippen molar-refractivity contribution < 1.29 is 23.8 Å². The Labute approximate surface area is 182 Å². The van der Waals surface area contributed by atoms with Crippen LogP contribution < -0.4 is 14.8 Å². The van der Waals surface area contributed by atoms with E-state index in [9.17, 15) is 9.59 Å². The van der Waals surface area contributed by atoms with Gasteiger partial charge in [0.05, 0.1) is 6.61 Å². The lowest BCUT2D eigenvalue weighted by atomic mass is 10.0. The molecule has 0 saturated heterocycles. The minimum absolute atomic E-state index is 0.0764. The number of halogens is 1. The second-order valence-electron chi connectivity index (χ2n) is 6.43. The van der Waals surface area contributed by atoms with Crippen LogP contribution in [-0.4, -0.2) is 31.2 Å². The van der Waals surface area contributed by atoms with Gasteiger partial charge in [-0.15, -0.1) is 11.3 Å². The third kappa shape index (κ3) is 4.13. The number of esters is 1. The number of rotatable bonds is 5. The Balaban J connectivity index is 1.60. The zero-order chi connectivity index (χ0) is 21.1. The molecule has 8 heteroatoms. The molecule has 0 radical (unpaired) electrons. The lowest BCUT2D eigenvalue weighted by Crippen LogP contribution is -2.40. The number of para-hydroxylation sites is 2. The van der Waals surface area contributed by atoms with Crippen LogP contribution in [0.1, 0.15) is 17.3 Å². The Bertz CT molecular complexity index is 1080. The van der Waals surface area contributed by atoms with E-state index >= 15 is 0 Å². The molecule has 1 aliphatic heterocycles. The van der Waals surface area contributed by atoms with Gasteiger partial charge in [0.25, 0.3) is 5.91 Å². The molecule has 1 aliphatic rings. The molecule has 0 saturated carbocycles. The number of hydrogen-bond donors (Lipinski definition) is 1. The molecule has 0 bridgehead atoms. The van der Waals surface area contributed by atoms with Crippen molar-refractivity contribution in [3.05, 3.63) is 64.5 Å². The molecule has 1 atom stereocenters. The highest BCUT2D eigenvalue weighted by molar-refractivity contribution is 7.15. The maximum atomic E-state index is 12.8. The van der Waals surface area contributed by atoms with Crippen molar-refractivity contribution >= 4 is 39.8 Å². The molecule has 0 spiro atoms. The Kier molecular flexibility index (Phi) is 5.92. The van der Waals surface area contributed by atoms with Gasteiger partial charge >= 0.3 is 5.97 Å². The van der Waals surface area contributed by atoms with Crippen LogP contribution in [0.5, 0.6) is 11.5 Å². The second-order valence-corrected chi connectivity index (χ2v) is 7.75. The summed E-state index contributed by atoms with van der Waals surface area (Å²) in [5.74, 6) is 0.183. The second kappa shape index (κ2) is 8.77. The van der Waals surface area contributed by atoms with Gasteiger partial charge in [0.1, 0.15) is 17.2 Å². The largest absolute Gasteiger partial charge is 0.485 e. The van der Waals surface area contributed by atoms with E-state index in [0.717, 1.165) is 5.56 Å². The molecule has 0 fully saturated rings. The molecule has 4 rings (SSSR count). The van der Waals surface area contributed by atoms with E-state index in [0.29, 0.717) is 32.6 Å². The van der Waals surface area contributed by atoms with Gasteiger partial charge in [-0.3, -0.25) is 4.79 Å². The van der Waals surface area contributed by atoms with E-state index in [2.05, 4.69) is 5.32 Å². The molecule has 2 heterocycles. The van der Waals surface area contributed by atoms with E-state index in [4.69, 9.17) is 25.8 Å². The zero-order valence-corrected chi connectivity index (χ0v) is 17.6. The van der Waals surface area contributed by atoms with Gasteiger partial charge < -0.3 is 19.5 Å². The van der Waals surface area contributed by atoms with E-state index in [1.807, 2.05) is 18.2 Å². The van der Waals surface area contributed by atoms with Gasteiger partial charge in [-0.05, 0) is 36.8 Å². The number of fused-ring (bicyclic) bond motifs is 1. The van der Waals surface area contributed by atoms with Crippen molar-refractivity contribution in [1.82, 2.24) is 0 Å². The third-order valence-corrected chi connectivity index (χ3v) is 5.61. The highest BCUT2D eigenvalue weighted by Crippen LogP contribution is 2.37. The fourth-order valence-electron chi connectivity index (χ4n) is 3.04.